The fourth-order valence-corrected chi connectivity index (χ4v) is 3.49. The predicted molar refractivity (Wildman–Crippen MR) is 111 cm³/mol. The number of nitrogens with zero attached hydrogens (tertiary/aromatic N) is 3. The number of anilines is 1. The molecule has 1 atom stereocenters. The quantitative estimate of drug-likeness (QED) is 0.488. The third-order valence-corrected chi connectivity index (χ3v) is 5.45. The van der Waals surface area contributed by atoms with Crippen LogP contribution < -0.4 is 5.32 Å². The molecule has 0 saturated heterocycles. The monoisotopic (exact) mass is 394 g/mol. The van der Waals surface area contributed by atoms with Gasteiger partial charge in [0.1, 0.15) is 5.82 Å². The molecule has 1 amide bonds. The van der Waals surface area contributed by atoms with Crippen LogP contribution in [0.2, 0.25) is 0 Å². The van der Waals surface area contributed by atoms with Gasteiger partial charge in [-0.3, -0.25) is 9.59 Å². The number of thioether (sulfide) groups is 1. The van der Waals surface area contributed by atoms with Crippen LogP contribution in [-0.2, 0) is 18.3 Å². The average Bonchev–Trinajstić information content (AvgIpc) is 3.02. The van der Waals surface area contributed by atoms with Crippen molar-refractivity contribution in [1.29, 1.82) is 0 Å². The Balaban J connectivity index is 1.64. The Morgan fingerprint density at radius 2 is 1.86 bits per heavy atom. The lowest BCUT2D eigenvalue weighted by atomic mass is 10.1. The third-order valence-electron chi connectivity index (χ3n) is 4.32. The average molecular weight is 395 g/mol. The second-order valence-electron chi connectivity index (χ2n) is 6.51. The summed E-state index contributed by atoms with van der Waals surface area (Å²) < 4.78 is 1.91. The summed E-state index contributed by atoms with van der Waals surface area (Å²) in [4.78, 5) is 24.0. The highest BCUT2D eigenvalue weighted by Gasteiger charge is 2.19. The number of hydrogen-bond donors (Lipinski definition) is 1. The summed E-state index contributed by atoms with van der Waals surface area (Å²) in [5, 5.41) is 11.7. The van der Waals surface area contributed by atoms with E-state index in [0.717, 1.165) is 11.4 Å². The van der Waals surface area contributed by atoms with Gasteiger partial charge in [-0.05, 0) is 31.5 Å². The van der Waals surface area contributed by atoms with Crippen LogP contribution in [0.5, 0.6) is 0 Å². The molecule has 3 aromatic rings. The molecular formula is C21H22N4O2S. The molecule has 7 heteroatoms. The Kier molecular flexibility index (Phi) is 6.26. The molecule has 1 aromatic heterocycles. The number of carbonyl (C=O) groups excluding carboxylic acids is 2. The minimum atomic E-state index is -0.367. The van der Waals surface area contributed by atoms with E-state index in [1.807, 2.05) is 48.9 Å². The van der Waals surface area contributed by atoms with E-state index in [1.54, 1.807) is 24.3 Å². The van der Waals surface area contributed by atoms with Crippen molar-refractivity contribution in [3.05, 3.63) is 71.5 Å². The van der Waals surface area contributed by atoms with Gasteiger partial charge in [-0.15, -0.1) is 10.2 Å². The van der Waals surface area contributed by atoms with Gasteiger partial charge in [0.05, 0.1) is 5.25 Å². The first-order valence-corrected chi connectivity index (χ1v) is 9.82. The zero-order valence-electron chi connectivity index (χ0n) is 16.0. The molecule has 144 valence electrons. The van der Waals surface area contributed by atoms with Crippen LogP contribution in [0.4, 0.5) is 5.69 Å². The van der Waals surface area contributed by atoms with Crippen molar-refractivity contribution in [2.24, 2.45) is 7.05 Å². The van der Waals surface area contributed by atoms with E-state index >= 15 is 0 Å². The third kappa shape index (κ3) is 4.86. The minimum Gasteiger partial charge on any atom is -0.325 e. The van der Waals surface area contributed by atoms with Gasteiger partial charge in [-0.25, -0.2) is 0 Å². The van der Waals surface area contributed by atoms with Gasteiger partial charge in [0.2, 0.25) is 5.91 Å². The summed E-state index contributed by atoms with van der Waals surface area (Å²) in [6.07, 6.45) is 0.684. The van der Waals surface area contributed by atoms with Crippen LogP contribution in [0.15, 0.2) is 59.8 Å². The molecule has 0 unspecified atom stereocenters. The van der Waals surface area contributed by atoms with Gasteiger partial charge < -0.3 is 9.88 Å². The molecule has 0 aliphatic rings. The number of nitrogens with one attached hydrogen (secondary N) is 1. The second kappa shape index (κ2) is 8.84. The Bertz CT molecular complexity index is 985. The molecule has 0 saturated carbocycles. The maximum Gasteiger partial charge on any atom is 0.237 e. The van der Waals surface area contributed by atoms with E-state index in [2.05, 4.69) is 15.5 Å². The predicted octanol–water partition coefficient (Wildman–Crippen LogP) is 3.73. The standard InChI is InChI=1S/C21H22N4O2S/c1-14(26)17-10-7-11-18(13-17)22-20(27)15(2)28-21-24-23-19(25(21)3)12-16-8-5-4-6-9-16/h4-11,13,15H,12H2,1-3H3,(H,22,27)/t15-/m0/s1. The van der Waals surface area contributed by atoms with Crippen LogP contribution in [0.25, 0.3) is 0 Å². The normalized spacial score (nSPS) is 11.8. The molecule has 0 bridgehead atoms. The topological polar surface area (TPSA) is 76.9 Å². The van der Waals surface area contributed by atoms with Gasteiger partial charge in [0.25, 0.3) is 0 Å². The number of Topliss-reactive ketones (excluding diaryl/α,β-unsaturated/α-hetero) is 1. The number of benzene rings is 2. The van der Waals surface area contributed by atoms with E-state index in [1.165, 1.54) is 18.7 Å². The second-order valence-corrected chi connectivity index (χ2v) is 7.81. The molecule has 0 fully saturated rings. The van der Waals surface area contributed by atoms with Crippen LogP contribution in [0.3, 0.4) is 0 Å². The number of ketones is 1. The fourth-order valence-electron chi connectivity index (χ4n) is 2.65. The van der Waals surface area contributed by atoms with E-state index in [4.69, 9.17) is 0 Å². The summed E-state index contributed by atoms with van der Waals surface area (Å²) in [6, 6.07) is 17.0. The first-order chi connectivity index (χ1) is 13.4. The molecular weight excluding hydrogens is 372 g/mol. The van der Waals surface area contributed by atoms with E-state index in [9.17, 15) is 9.59 Å². The highest BCUT2D eigenvalue weighted by Crippen LogP contribution is 2.23. The number of aromatic nitrogens is 3. The van der Waals surface area contributed by atoms with Gasteiger partial charge in [0.15, 0.2) is 10.9 Å². The SMILES string of the molecule is CC(=O)c1cccc(NC(=O)[C@H](C)Sc2nnc(Cc3ccccc3)n2C)c1. The van der Waals surface area contributed by atoms with Gasteiger partial charge >= 0.3 is 0 Å². The highest BCUT2D eigenvalue weighted by atomic mass is 32.2. The van der Waals surface area contributed by atoms with Crippen molar-refractivity contribution in [1.82, 2.24) is 14.8 Å². The molecule has 0 spiro atoms. The zero-order valence-corrected chi connectivity index (χ0v) is 16.9. The summed E-state index contributed by atoms with van der Waals surface area (Å²) >= 11 is 1.35. The van der Waals surface area contributed by atoms with E-state index in [0.29, 0.717) is 22.8 Å². The van der Waals surface area contributed by atoms with Crippen molar-refractivity contribution in [2.75, 3.05) is 5.32 Å². The van der Waals surface area contributed by atoms with Crippen LogP contribution in [-0.4, -0.2) is 31.7 Å². The van der Waals surface area contributed by atoms with E-state index in [-0.39, 0.29) is 16.9 Å². The highest BCUT2D eigenvalue weighted by molar-refractivity contribution is 8.00. The number of rotatable bonds is 7. The molecule has 3 rings (SSSR count). The van der Waals surface area contributed by atoms with Crippen molar-refractivity contribution >= 4 is 29.1 Å². The summed E-state index contributed by atoms with van der Waals surface area (Å²) in [6.45, 7) is 3.32. The Morgan fingerprint density at radius 3 is 2.57 bits per heavy atom. The Labute approximate surface area is 168 Å². The largest absolute Gasteiger partial charge is 0.325 e. The molecule has 28 heavy (non-hydrogen) atoms. The van der Waals surface area contributed by atoms with Crippen LogP contribution in [0, 0.1) is 0 Å². The summed E-state index contributed by atoms with van der Waals surface area (Å²) in [7, 11) is 1.90. The molecule has 0 radical (unpaired) electrons. The first kappa shape index (κ1) is 19.8. The van der Waals surface area contributed by atoms with Gasteiger partial charge in [-0.1, -0.05) is 54.2 Å². The molecule has 6 nitrogen and oxygen atoms in total. The van der Waals surface area contributed by atoms with Gasteiger partial charge in [0, 0.05) is 24.7 Å². The molecule has 1 N–H and O–H groups in total. The maximum absolute atomic E-state index is 12.5. The minimum absolute atomic E-state index is 0.0384. The summed E-state index contributed by atoms with van der Waals surface area (Å²) in [5.41, 5.74) is 2.33. The van der Waals surface area contributed by atoms with Gasteiger partial charge in [-0.2, -0.15) is 0 Å². The fraction of sp³-hybridized carbons (Fsp3) is 0.238. The molecule has 0 aliphatic heterocycles. The van der Waals surface area contributed by atoms with Crippen molar-refractivity contribution in [3.8, 4) is 0 Å². The van der Waals surface area contributed by atoms with Crippen LogP contribution in [0.1, 0.15) is 35.6 Å². The Hall–Kier alpha value is -2.93. The molecule has 1 heterocycles. The van der Waals surface area contributed by atoms with E-state index < -0.39 is 0 Å². The van der Waals surface area contributed by atoms with Crippen molar-refractivity contribution in [2.45, 2.75) is 30.7 Å². The number of amides is 1. The lowest BCUT2D eigenvalue weighted by Gasteiger charge is -2.12. The Morgan fingerprint density at radius 1 is 1.11 bits per heavy atom. The van der Waals surface area contributed by atoms with Crippen molar-refractivity contribution in [3.63, 3.8) is 0 Å². The lowest BCUT2D eigenvalue weighted by molar-refractivity contribution is -0.115. The first-order valence-electron chi connectivity index (χ1n) is 8.94. The number of hydrogen-bond acceptors (Lipinski definition) is 5. The zero-order chi connectivity index (χ0) is 20.1. The molecule has 2 aromatic carbocycles. The van der Waals surface area contributed by atoms with Crippen LogP contribution >= 0.6 is 11.8 Å². The summed E-state index contributed by atoms with van der Waals surface area (Å²) in [5.74, 6) is 0.650. The smallest absolute Gasteiger partial charge is 0.237 e. The number of carbonyl (C=O) groups is 2. The van der Waals surface area contributed by atoms with Crippen molar-refractivity contribution < 1.29 is 9.59 Å². The lowest BCUT2D eigenvalue weighted by Crippen LogP contribution is -2.23. The molecule has 0 aliphatic carbocycles. The maximum atomic E-state index is 12.5.